The summed E-state index contributed by atoms with van der Waals surface area (Å²) < 4.78 is 47.3. The lowest BCUT2D eigenvalue weighted by Gasteiger charge is -2.47. The fourth-order valence-electron chi connectivity index (χ4n) is 6.10. The summed E-state index contributed by atoms with van der Waals surface area (Å²) in [6, 6.07) is 31.8. The molecule has 302 valence electrons. The third kappa shape index (κ3) is 10.6. The second kappa shape index (κ2) is 20.3. The zero-order valence-corrected chi connectivity index (χ0v) is 30.7. The lowest BCUT2D eigenvalue weighted by Crippen LogP contribution is -2.65. The molecule has 0 bridgehead atoms. The zero-order chi connectivity index (χ0) is 40.9. The Kier molecular flexibility index (Phi) is 14.5. The van der Waals surface area contributed by atoms with Gasteiger partial charge in [-0.1, -0.05) is 77.9 Å². The lowest BCUT2D eigenvalue weighted by molar-refractivity contribution is -0.346. The minimum absolute atomic E-state index is 0.110. The Balaban J connectivity index is 1.34. The van der Waals surface area contributed by atoms with Crippen LogP contribution in [0.2, 0.25) is 0 Å². The second-order valence-electron chi connectivity index (χ2n) is 12.9. The van der Waals surface area contributed by atoms with E-state index in [4.69, 9.17) is 43.4 Å². The molecular weight excluding hydrogens is 758 g/mol. The lowest BCUT2D eigenvalue weighted by atomic mass is 9.97. The first-order chi connectivity index (χ1) is 28.2. The van der Waals surface area contributed by atoms with Gasteiger partial charge in [0.15, 0.2) is 30.9 Å². The van der Waals surface area contributed by atoms with Gasteiger partial charge in [-0.15, -0.1) is 0 Å². The fourth-order valence-corrected chi connectivity index (χ4v) is 6.10. The molecule has 2 saturated heterocycles. The molecule has 4 aromatic rings. The highest BCUT2D eigenvalue weighted by molar-refractivity contribution is 5.91. The summed E-state index contributed by atoms with van der Waals surface area (Å²) in [6.07, 6.45) is -14.5. The minimum Gasteiger partial charge on any atom is -0.459 e. The predicted octanol–water partition coefficient (Wildman–Crippen LogP) is 4.04. The van der Waals surface area contributed by atoms with E-state index in [9.17, 15) is 29.4 Å². The van der Waals surface area contributed by atoms with Crippen molar-refractivity contribution in [2.75, 3.05) is 26.4 Å². The number of carbonyl (C=O) groups excluding carboxylic acids is 4. The van der Waals surface area contributed by atoms with E-state index in [-0.39, 0.29) is 35.4 Å². The molecule has 0 amide bonds. The largest absolute Gasteiger partial charge is 0.459 e. The second-order valence-corrected chi connectivity index (χ2v) is 12.9. The molecule has 2 heterocycles. The summed E-state index contributed by atoms with van der Waals surface area (Å²) in [7, 11) is 0. The highest BCUT2D eigenvalue weighted by Gasteiger charge is 2.55. The molecule has 6 rings (SSSR count). The maximum Gasteiger partial charge on any atom is 0.338 e. The Morgan fingerprint density at radius 1 is 0.638 bits per heavy atom. The Labute approximate surface area is 331 Å². The van der Waals surface area contributed by atoms with Crippen molar-refractivity contribution in [2.45, 2.75) is 55.3 Å². The summed E-state index contributed by atoms with van der Waals surface area (Å²) in [6.45, 7) is -1.47. The number of ether oxygens (including phenoxy) is 8. The summed E-state index contributed by atoms with van der Waals surface area (Å²) >= 11 is 0. The maximum atomic E-state index is 13.7. The van der Waals surface area contributed by atoms with Gasteiger partial charge < -0.3 is 48.1 Å². The topological polar surface area (TPSA) is 231 Å². The Morgan fingerprint density at radius 2 is 1.12 bits per heavy atom. The maximum absolute atomic E-state index is 13.7. The van der Waals surface area contributed by atoms with E-state index in [0.717, 1.165) is 0 Å². The van der Waals surface area contributed by atoms with E-state index in [1.165, 1.54) is 48.5 Å². The first kappa shape index (κ1) is 41.5. The number of hydrogen-bond donors (Lipinski definition) is 2. The average molecular weight is 798 g/mol. The number of nitrogens with zero attached hydrogens (tertiary/aromatic N) is 3. The molecule has 17 nitrogen and oxygen atoms in total. The molecule has 2 N–H and O–H groups in total. The Morgan fingerprint density at radius 3 is 1.64 bits per heavy atom. The Hall–Kier alpha value is -6.17. The van der Waals surface area contributed by atoms with Crippen molar-refractivity contribution in [3.05, 3.63) is 154 Å². The molecule has 0 aromatic heterocycles. The van der Waals surface area contributed by atoms with Crippen molar-refractivity contribution >= 4 is 23.9 Å². The van der Waals surface area contributed by atoms with Crippen LogP contribution in [0.3, 0.4) is 0 Å². The highest BCUT2D eigenvalue weighted by atomic mass is 16.8. The van der Waals surface area contributed by atoms with Crippen LogP contribution in [0.25, 0.3) is 10.4 Å². The smallest absolute Gasteiger partial charge is 0.338 e. The van der Waals surface area contributed by atoms with E-state index >= 15 is 0 Å². The van der Waals surface area contributed by atoms with E-state index in [0.29, 0.717) is 0 Å². The number of carbonyl (C=O) groups is 4. The van der Waals surface area contributed by atoms with Gasteiger partial charge in [0.1, 0.15) is 31.0 Å². The third-order valence-corrected chi connectivity index (χ3v) is 9.01. The molecule has 5 unspecified atom stereocenters. The van der Waals surface area contributed by atoms with Gasteiger partial charge in [-0.2, -0.15) is 0 Å². The molecule has 4 aromatic carbocycles. The molecule has 2 fully saturated rings. The minimum atomic E-state index is -1.89. The number of hydrogen-bond acceptors (Lipinski definition) is 15. The van der Waals surface area contributed by atoms with Crippen LogP contribution in [0.4, 0.5) is 0 Å². The number of esters is 4. The predicted molar refractivity (Wildman–Crippen MR) is 199 cm³/mol. The standard InChI is InChI=1S/C41H39N3O14/c42-44-43-21-22-51-41-35(57-39(50)28-19-11-4-12-20-28)34(58-40-32(46)31(45)29(23-53-40)54-37(48)26-15-7-2-8-16-26)33(56-38(49)27-17-9-3-10-18-27)30(55-41)24-52-36(47)25-13-5-1-6-14-25/h1-20,29-35,40-41,45-46H,21-24H2/t29-,30?,31?,32?,33-,34?,35?,40-,41-/m1/s1. The zero-order valence-electron chi connectivity index (χ0n) is 30.7. The molecule has 58 heavy (non-hydrogen) atoms. The van der Waals surface area contributed by atoms with Gasteiger partial charge in [0, 0.05) is 11.5 Å². The highest BCUT2D eigenvalue weighted by Crippen LogP contribution is 2.33. The quantitative estimate of drug-likeness (QED) is 0.0432. The van der Waals surface area contributed by atoms with Crippen LogP contribution in [-0.2, 0) is 37.9 Å². The van der Waals surface area contributed by atoms with Crippen molar-refractivity contribution in [1.29, 1.82) is 0 Å². The van der Waals surface area contributed by atoms with E-state index in [1.54, 1.807) is 72.8 Å². The van der Waals surface area contributed by atoms with Gasteiger partial charge in [0.25, 0.3) is 0 Å². The van der Waals surface area contributed by atoms with E-state index in [1.807, 2.05) is 0 Å². The summed E-state index contributed by atoms with van der Waals surface area (Å²) in [5.41, 5.74) is 9.49. The van der Waals surface area contributed by atoms with Crippen LogP contribution in [0.5, 0.6) is 0 Å². The SMILES string of the molecule is [N-]=[N+]=NCCO[C@@H]1OC(COC(=O)c2ccccc2)[C@@H](OC(=O)c2ccccc2)C(O[C@H]2OC[C@@H](OC(=O)c3ccccc3)C(O)C2O)C1OC(=O)c1ccccc1. The summed E-state index contributed by atoms with van der Waals surface area (Å²) in [5.74, 6) is -3.29. The van der Waals surface area contributed by atoms with Gasteiger partial charge in [-0.25, -0.2) is 19.2 Å². The van der Waals surface area contributed by atoms with Crippen LogP contribution < -0.4 is 0 Å². The molecule has 0 aliphatic carbocycles. The van der Waals surface area contributed by atoms with Crippen LogP contribution in [0, 0.1) is 0 Å². The molecular formula is C41H39N3O14. The normalized spacial score (nSPS) is 25.3. The van der Waals surface area contributed by atoms with Crippen molar-refractivity contribution in [3.63, 3.8) is 0 Å². The Bertz CT molecular complexity index is 2020. The summed E-state index contributed by atoms with van der Waals surface area (Å²) in [4.78, 5) is 56.0. The van der Waals surface area contributed by atoms with Crippen molar-refractivity contribution in [1.82, 2.24) is 0 Å². The van der Waals surface area contributed by atoms with Gasteiger partial charge in [0.05, 0.1) is 35.5 Å². The monoisotopic (exact) mass is 797 g/mol. The average Bonchev–Trinajstić information content (AvgIpc) is 3.26. The third-order valence-electron chi connectivity index (χ3n) is 9.01. The number of aliphatic hydroxyl groups excluding tert-OH is 2. The van der Waals surface area contributed by atoms with Crippen LogP contribution in [-0.4, -0.2) is 116 Å². The molecule has 0 radical (unpaired) electrons. The van der Waals surface area contributed by atoms with Crippen molar-refractivity contribution < 1.29 is 67.3 Å². The van der Waals surface area contributed by atoms with Gasteiger partial charge in [0.2, 0.25) is 0 Å². The fraction of sp³-hybridized carbons (Fsp3) is 0.317. The molecule has 9 atom stereocenters. The van der Waals surface area contributed by atoms with E-state index in [2.05, 4.69) is 10.0 Å². The first-order valence-corrected chi connectivity index (χ1v) is 18.1. The molecule has 2 aliphatic heterocycles. The van der Waals surface area contributed by atoms with Gasteiger partial charge >= 0.3 is 23.9 Å². The van der Waals surface area contributed by atoms with E-state index < -0.39 is 92.4 Å². The van der Waals surface area contributed by atoms with Gasteiger partial charge in [-0.3, -0.25) is 0 Å². The van der Waals surface area contributed by atoms with Crippen LogP contribution in [0.1, 0.15) is 41.4 Å². The van der Waals surface area contributed by atoms with Crippen molar-refractivity contribution in [2.24, 2.45) is 5.11 Å². The van der Waals surface area contributed by atoms with Crippen LogP contribution >= 0.6 is 0 Å². The van der Waals surface area contributed by atoms with Crippen LogP contribution in [0.15, 0.2) is 126 Å². The molecule has 0 saturated carbocycles. The summed E-state index contributed by atoms with van der Waals surface area (Å²) in [5, 5.41) is 26.0. The van der Waals surface area contributed by atoms with Gasteiger partial charge in [-0.05, 0) is 54.1 Å². The van der Waals surface area contributed by atoms with Crippen molar-refractivity contribution in [3.8, 4) is 0 Å². The number of aliphatic hydroxyl groups is 2. The number of benzene rings is 4. The first-order valence-electron chi connectivity index (χ1n) is 18.1. The molecule has 17 heteroatoms. The molecule has 0 spiro atoms. The molecule has 2 aliphatic rings. The number of azide groups is 1. The number of rotatable bonds is 15.